The zero-order valence-electron chi connectivity index (χ0n) is 11.4. The van der Waals surface area contributed by atoms with Crippen molar-refractivity contribution in [2.75, 3.05) is 12.4 Å². The van der Waals surface area contributed by atoms with Crippen LogP contribution in [0.25, 0.3) is 0 Å². The van der Waals surface area contributed by atoms with E-state index in [0.717, 1.165) is 24.2 Å². The maximum Gasteiger partial charge on any atom is 0.293 e. The number of nitrogens with one attached hydrogen (secondary N) is 1. The molecule has 1 aliphatic carbocycles. The van der Waals surface area contributed by atoms with Crippen molar-refractivity contribution in [3.63, 3.8) is 0 Å². The van der Waals surface area contributed by atoms with Gasteiger partial charge >= 0.3 is 0 Å². The SMILES string of the molecule is COc1cccc(CNc2nccn(C3CC3)c2=O)c1. The third-order valence-electron chi connectivity index (χ3n) is 3.40. The van der Waals surface area contributed by atoms with E-state index in [-0.39, 0.29) is 5.56 Å². The van der Waals surface area contributed by atoms with Gasteiger partial charge in [-0.25, -0.2) is 4.98 Å². The first kappa shape index (κ1) is 12.7. The zero-order valence-corrected chi connectivity index (χ0v) is 11.4. The lowest BCUT2D eigenvalue weighted by Gasteiger charge is -2.09. The van der Waals surface area contributed by atoms with Crippen molar-refractivity contribution < 1.29 is 4.74 Å². The third-order valence-corrected chi connectivity index (χ3v) is 3.40. The van der Waals surface area contributed by atoms with Gasteiger partial charge in [0.25, 0.3) is 5.56 Å². The summed E-state index contributed by atoms with van der Waals surface area (Å²) in [6, 6.07) is 8.11. The minimum atomic E-state index is -0.0436. The molecule has 1 aromatic carbocycles. The van der Waals surface area contributed by atoms with Crippen LogP contribution in [0.15, 0.2) is 41.5 Å². The highest BCUT2D eigenvalue weighted by Crippen LogP contribution is 2.33. The van der Waals surface area contributed by atoms with Crippen molar-refractivity contribution in [3.8, 4) is 5.75 Å². The average molecular weight is 271 g/mol. The Hall–Kier alpha value is -2.30. The zero-order chi connectivity index (χ0) is 13.9. The van der Waals surface area contributed by atoms with Crippen LogP contribution >= 0.6 is 0 Å². The van der Waals surface area contributed by atoms with Crippen molar-refractivity contribution in [1.29, 1.82) is 0 Å². The summed E-state index contributed by atoms with van der Waals surface area (Å²) in [7, 11) is 1.64. The second-order valence-corrected chi connectivity index (χ2v) is 4.92. The average Bonchev–Trinajstić information content (AvgIpc) is 3.31. The summed E-state index contributed by atoms with van der Waals surface area (Å²) in [5.74, 6) is 1.21. The van der Waals surface area contributed by atoms with Crippen molar-refractivity contribution in [2.45, 2.75) is 25.4 Å². The van der Waals surface area contributed by atoms with Gasteiger partial charge in [0.1, 0.15) is 5.75 Å². The summed E-state index contributed by atoms with van der Waals surface area (Å²) in [4.78, 5) is 16.3. The van der Waals surface area contributed by atoms with Gasteiger partial charge in [-0.2, -0.15) is 0 Å². The molecule has 1 aliphatic rings. The Balaban J connectivity index is 1.75. The molecular weight excluding hydrogens is 254 g/mol. The molecular formula is C15H17N3O2. The molecule has 1 N–H and O–H groups in total. The van der Waals surface area contributed by atoms with E-state index in [4.69, 9.17) is 4.74 Å². The van der Waals surface area contributed by atoms with E-state index in [1.165, 1.54) is 0 Å². The molecule has 0 amide bonds. The third kappa shape index (κ3) is 2.66. The number of hydrogen-bond acceptors (Lipinski definition) is 4. The molecule has 0 bridgehead atoms. The largest absolute Gasteiger partial charge is 0.497 e. The Morgan fingerprint density at radius 1 is 1.45 bits per heavy atom. The predicted octanol–water partition coefficient (Wildman–Crippen LogP) is 2.20. The van der Waals surface area contributed by atoms with E-state index in [0.29, 0.717) is 18.4 Å². The molecule has 20 heavy (non-hydrogen) atoms. The van der Waals surface area contributed by atoms with Crippen LogP contribution in [0.5, 0.6) is 5.75 Å². The Morgan fingerprint density at radius 2 is 2.30 bits per heavy atom. The maximum absolute atomic E-state index is 12.2. The highest BCUT2D eigenvalue weighted by Gasteiger charge is 2.25. The van der Waals surface area contributed by atoms with Gasteiger partial charge in [0.05, 0.1) is 7.11 Å². The molecule has 1 saturated carbocycles. The first-order chi connectivity index (χ1) is 9.78. The summed E-state index contributed by atoms with van der Waals surface area (Å²) >= 11 is 0. The lowest BCUT2D eigenvalue weighted by molar-refractivity contribution is 0.414. The van der Waals surface area contributed by atoms with Gasteiger partial charge in [0, 0.05) is 25.0 Å². The van der Waals surface area contributed by atoms with Gasteiger partial charge < -0.3 is 14.6 Å². The van der Waals surface area contributed by atoms with E-state index in [2.05, 4.69) is 10.3 Å². The molecule has 1 aromatic heterocycles. The van der Waals surface area contributed by atoms with Crippen LogP contribution in [-0.2, 0) is 6.54 Å². The van der Waals surface area contributed by atoms with Gasteiger partial charge in [-0.05, 0) is 30.5 Å². The molecule has 104 valence electrons. The minimum absolute atomic E-state index is 0.0436. The number of benzene rings is 1. The first-order valence-electron chi connectivity index (χ1n) is 6.72. The Bertz CT molecular complexity index is 662. The fourth-order valence-electron chi connectivity index (χ4n) is 2.15. The number of methoxy groups -OCH3 is 1. The van der Waals surface area contributed by atoms with Crippen LogP contribution in [-0.4, -0.2) is 16.7 Å². The van der Waals surface area contributed by atoms with Crippen molar-refractivity contribution >= 4 is 5.82 Å². The Kier molecular flexibility index (Phi) is 3.41. The molecule has 0 aliphatic heterocycles. The number of aromatic nitrogens is 2. The van der Waals surface area contributed by atoms with Crippen LogP contribution < -0.4 is 15.6 Å². The summed E-state index contributed by atoms with van der Waals surface area (Å²) in [5, 5.41) is 3.10. The van der Waals surface area contributed by atoms with E-state index in [1.54, 1.807) is 24.1 Å². The standard InChI is InChI=1S/C15H17N3O2/c1-20-13-4-2-3-11(9-13)10-17-14-15(19)18(8-7-16-14)12-5-6-12/h2-4,7-9,12H,5-6,10H2,1H3,(H,16,17). The van der Waals surface area contributed by atoms with Crippen LogP contribution in [0.1, 0.15) is 24.4 Å². The molecule has 5 heteroatoms. The highest BCUT2D eigenvalue weighted by molar-refractivity contribution is 5.35. The van der Waals surface area contributed by atoms with Gasteiger partial charge in [-0.15, -0.1) is 0 Å². The van der Waals surface area contributed by atoms with Crippen molar-refractivity contribution in [2.24, 2.45) is 0 Å². The smallest absolute Gasteiger partial charge is 0.293 e. The van der Waals surface area contributed by atoms with Crippen LogP contribution in [0.3, 0.4) is 0 Å². The fourth-order valence-corrected chi connectivity index (χ4v) is 2.15. The van der Waals surface area contributed by atoms with E-state index < -0.39 is 0 Å². The van der Waals surface area contributed by atoms with Crippen molar-refractivity contribution in [1.82, 2.24) is 9.55 Å². The second kappa shape index (κ2) is 5.36. The summed E-state index contributed by atoms with van der Waals surface area (Å²) in [6.07, 6.45) is 5.60. The van der Waals surface area contributed by atoms with Crippen LogP contribution in [0, 0.1) is 0 Å². The van der Waals surface area contributed by atoms with Crippen LogP contribution in [0.2, 0.25) is 0 Å². The molecule has 0 radical (unpaired) electrons. The number of hydrogen-bond donors (Lipinski definition) is 1. The normalized spacial score (nSPS) is 14.1. The molecule has 0 unspecified atom stereocenters. The van der Waals surface area contributed by atoms with Crippen LogP contribution in [0.4, 0.5) is 5.82 Å². The Morgan fingerprint density at radius 3 is 3.05 bits per heavy atom. The molecule has 0 spiro atoms. The maximum atomic E-state index is 12.2. The quantitative estimate of drug-likeness (QED) is 0.905. The highest BCUT2D eigenvalue weighted by atomic mass is 16.5. The number of anilines is 1. The van der Waals surface area contributed by atoms with Crippen molar-refractivity contribution in [3.05, 3.63) is 52.6 Å². The molecule has 0 saturated heterocycles. The van der Waals surface area contributed by atoms with E-state index in [9.17, 15) is 4.79 Å². The van der Waals surface area contributed by atoms with E-state index >= 15 is 0 Å². The predicted molar refractivity (Wildman–Crippen MR) is 77.1 cm³/mol. The topological polar surface area (TPSA) is 56.1 Å². The lowest BCUT2D eigenvalue weighted by Crippen LogP contribution is -2.23. The molecule has 1 fully saturated rings. The Labute approximate surface area is 117 Å². The van der Waals surface area contributed by atoms with Gasteiger partial charge in [0.15, 0.2) is 5.82 Å². The molecule has 0 atom stereocenters. The van der Waals surface area contributed by atoms with Gasteiger partial charge in [-0.1, -0.05) is 12.1 Å². The van der Waals surface area contributed by atoms with E-state index in [1.807, 2.05) is 24.3 Å². The molecule has 2 aromatic rings. The number of rotatable bonds is 5. The monoisotopic (exact) mass is 271 g/mol. The molecule has 3 rings (SSSR count). The summed E-state index contributed by atoms with van der Waals surface area (Å²) in [5.41, 5.74) is 1.00. The summed E-state index contributed by atoms with van der Waals surface area (Å²) in [6.45, 7) is 0.550. The second-order valence-electron chi connectivity index (χ2n) is 4.92. The summed E-state index contributed by atoms with van der Waals surface area (Å²) < 4.78 is 6.94. The number of nitrogens with zero attached hydrogens (tertiary/aromatic N) is 2. The minimum Gasteiger partial charge on any atom is -0.497 e. The first-order valence-corrected chi connectivity index (χ1v) is 6.72. The fraction of sp³-hybridized carbons (Fsp3) is 0.333. The molecule has 5 nitrogen and oxygen atoms in total. The molecule has 1 heterocycles. The lowest BCUT2D eigenvalue weighted by atomic mass is 10.2. The van der Waals surface area contributed by atoms with Gasteiger partial charge in [-0.3, -0.25) is 4.79 Å². The number of ether oxygens (including phenoxy) is 1. The van der Waals surface area contributed by atoms with Gasteiger partial charge in [0.2, 0.25) is 0 Å².